The van der Waals surface area contributed by atoms with E-state index in [0.29, 0.717) is 12.6 Å². The van der Waals surface area contributed by atoms with Crippen LogP contribution in [0, 0.1) is 0 Å². The standard InChI is InChI=1S/C13H20N2O/c1-10(2)15-8-11-4-3-5-13(12(11)9-15)14-6-7-16/h3-5,10,14,16H,6-9H2,1-2H3. The number of hydrogen-bond donors (Lipinski definition) is 2. The van der Waals surface area contributed by atoms with Gasteiger partial charge in [0, 0.05) is 31.4 Å². The number of fused-ring (bicyclic) bond motifs is 1. The van der Waals surface area contributed by atoms with Crippen molar-refractivity contribution in [2.24, 2.45) is 0 Å². The van der Waals surface area contributed by atoms with Gasteiger partial charge in [0.1, 0.15) is 0 Å². The van der Waals surface area contributed by atoms with Crippen molar-refractivity contribution in [1.82, 2.24) is 4.90 Å². The van der Waals surface area contributed by atoms with Crippen LogP contribution in [0.2, 0.25) is 0 Å². The van der Waals surface area contributed by atoms with Crippen LogP contribution in [0.4, 0.5) is 5.69 Å². The van der Waals surface area contributed by atoms with E-state index in [2.05, 4.69) is 42.3 Å². The number of aliphatic hydroxyl groups excluding tert-OH is 1. The molecule has 0 unspecified atom stereocenters. The molecule has 2 rings (SSSR count). The molecule has 0 atom stereocenters. The van der Waals surface area contributed by atoms with Gasteiger partial charge in [-0.25, -0.2) is 0 Å². The fourth-order valence-corrected chi connectivity index (χ4v) is 2.17. The van der Waals surface area contributed by atoms with Crippen LogP contribution in [-0.2, 0) is 13.1 Å². The molecule has 0 saturated heterocycles. The highest BCUT2D eigenvalue weighted by Gasteiger charge is 2.22. The van der Waals surface area contributed by atoms with Gasteiger partial charge in [0.25, 0.3) is 0 Å². The molecule has 0 fully saturated rings. The zero-order valence-corrected chi connectivity index (χ0v) is 10.0. The fourth-order valence-electron chi connectivity index (χ4n) is 2.17. The van der Waals surface area contributed by atoms with E-state index in [1.165, 1.54) is 16.8 Å². The first-order valence-electron chi connectivity index (χ1n) is 5.92. The Bertz CT molecular complexity index is 363. The van der Waals surface area contributed by atoms with Gasteiger partial charge in [-0.3, -0.25) is 4.90 Å². The predicted molar refractivity (Wildman–Crippen MR) is 66.4 cm³/mol. The smallest absolute Gasteiger partial charge is 0.0604 e. The average molecular weight is 220 g/mol. The summed E-state index contributed by atoms with van der Waals surface area (Å²) in [5, 5.41) is 12.1. The molecule has 1 aliphatic rings. The molecule has 1 aromatic carbocycles. The van der Waals surface area contributed by atoms with E-state index in [1.807, 2.05) is 0 Å². The molecule has 0 saturated carbocycles. The molecule has 0 aliphatic carbocycles. The summed E-state index contributed by atoms with van der Waals surface area (Å²) in [5.41, 5.74) is 3.98. The topological polar surface area (TPSA) is 35.5 Å². The van der Waals surface area contributed by atoms with Gasteiger partial charge >= 0.3 is 0 Å². The van der Waals surface area contributed by atoms with Gasteiger partial charge in [-0.1, -0.05) is 12.1 Å². The van der Waals surface area contributed by atoms with Crippen molar-refractivity contribution in [2.45, 2.75) is 33.0 Å². The van der Waals surface area contributed by atoms with Gasteiger partial charge in [0.05, 0.1) is 6.61 Å². The largest absolute Gasteiger partial charge is 0.395 e. The minimum atomic E-state index is 0.178. The highest BCUT2D eigenvalue weighted by molar-refractivity contribution is 5.56. The minimum absolute atomic E-state index is 0.178. The Kier molecular flexibility index (Phi) is 3.46. The second kappa shape index (κ2) is 4.85. The normalized spacial score (nSPS) is 15.5. The van der Waals surface area contributed by atoms with Crippen LogP contribution in [-0.4, -0.2) is 29.2 Å². The van der Waals surface area contributed by atoms with Crippen molar-refractivity contribution in [3.05, 3.63) is 29.3 Å². The lowest BCUT2D eigenvalue weighted by atomic mass is 10.1. The number of nitrogens with zero attached hydrogens (tertiary/aromatic N) is 1. The first kappa shape index (κ1) is 11.4. The Morgan fingerprint density at radius 3 is 2.88 bits per heavy atom. The lowest BCUT2D eigenvalue weighted by Gasteiger charge is -2.19. The Hall–Kier alpha value is -1.06. The highest BCUT2D eigenvalue weighted by Crippen LogP contribution is 2.30. The van der Waals surface area contributed by atoms with Crippen molar-refractivity contribution in [2.75, 3.05) is 18.5 Å². The molecule has 0 radical (unpaired) electrons. The van der Waals surface area contributed by atoms with E-state index in [4.69, 9.17) is 5.11 Å². The first-order valence-corrected chi connectivity index (χ1v) is 5.92. The van der Waals surface area contributed by atoms with Gasteiger partial charge < -0.3 is 10.4 Å². The third-order valence-corrected chi connectivity index (χ3v) is 3.17. The van der Waals surface area contributed by atoms with Crippen LogP contribution in [0.25, 0.3) is 0 Å². The number of benzene rings is 1. The molecule has 88 valence electrons. The van der Waals surface area contributed by atoms with E-state index in [0.717, 1.165) is 13.1 Å². The molecule has 2 N–H and O–H groups in total. The Balaban J connectivity index is 2.17. The van der Waals surface area contributed by atoms with E-state index in [-0.39, 0.29) is 6.61 Å². The van der Waals surface area contributed by atoms with Crippen molar-refractivity contribution in [1.29, 1.82) is 0 Å². The second-order valence-corrected chi connectivity index (χ2v) is 4.59. The number of nitrogens with one attached hydrogen (secondary N) is 1. The summed E-state index contributed by atoms with van der Waals surface area (Å²) in [6, 6.07) is 6.96. The van der Waals surface area contributed by atoms with E-state index < -0.39 is 0 Å². The van der Waals surface area contributed by atoms with Crippen molar-refractivity contribution < 1.29 is 5.11 Å². The van der Waals surface area contributed by atoms with Gasteiger partial charge in [-0.15, -0.1) is 0 Å². The quantitative estimate of drug-likeness (QED) is 0.812. The summed E-state index contributed by atoms with van der Waals surface area (Å²) in [4.78, 5) is 2.45. The van der Waals surface area contributed by atoms with Gasteiger partial charge in [0.15, 0.2) is 0 Å². The molecule has 1 aliphatic heterocycles. The monoisotopic (exact) mass is 220 g/mol. The van der Waals surface area contributed by atoms with Crippen LogP contribution < -0.4 is 5.32 Å². The molecule has 3 nitrogen and oxygen atoms in total. The second-order valence-electron chi connectivity index (χ2n) is 4.59. The summed E-state index contributed by atoms with van der Waals surface area (Å²) < 4.78 is 0. The van der Waals surface area contributed by atoms with Crippen molar-refractivity contribution in [3.8, 4) is 0 Å². The zero-order chi connectivity index (χ0) is 11.5. The van der Waals surface area contributed by atoms with Crippen LogP contribution in [0.5, 0.6) is 0 Å². The minimum Gasteiger partial charge on any atom is -0.395 e. The summed E-state index contributed by atoms with van der Waals surface area (Å²) >= 11 is 0. The molecule has 0 spiro atoms. The number of rotatable bonds is 4. The maximum atomic E-state index is 8.84. The lowest BCUT2D eigenvalue weighted by molar-refractivity contribution is 0.227. The molecular weight excluding hydrogens is 200 g/mol. The number of aliphatic hydroxyl groups is 1. The molecule has 0 bridgehead atoms. The highest BCUT2D eigenvalue weighted by atomic mass is 16.3. The fraction of sp³-hybridized carbons (Fsp3) is 0.538. The Morgan fingerprint density at radius 2 is 2.19 bits per heavy atom. The molecule has 16 heavy (non-hydrogen) atoms. The third kappa shape index (κ3) is 2.20. The molecular formula is C13H20N2O. The molecule has 1 heterocycles. The molecule has 0 aromatic heterocycles. The van der Waals surface area contributed by atoms with E-state index in [1.54, 1.807) is 0 Å². The van der Waals surface area contributed by atoms with Gasteiger partial charge in [-0.05, 0) is 31.0 Å². The van der Waals surface area contributed by atoms with Crippen LogP contribution >= 0.6 is 0 Å². The number of hydrogen-bond acceptors (Lipinski definition) is 3. The summed E-state index contributed by atoms with van der Waals surface area (Å²) in [7, 11) is 0. The van der Waals surface area contributed by atoms with Gasteiger partial charge in [-0.2, -0.15) is 0 Å². The summed E-state index contributed by atoms with van der Waals surface area (Å²) in [6.45, 7) is 7.32. The van der Waals surface area contributed by atoms with E-state index in [9.17, 15) is 0 Å². The average Bonchev–Trinajstić information content (AvgIpc) is 2.70. The van der Waals surface area contributed by atoms with Crippen LogP contribution in [0.15, 0.2) is 18.2 Å². The predicted octanol–water partition coefficient (Wildman–Crippen LogP) is 1.81. The van der Waals surface area contributed by atoms with Crippen LogP contribution in [0.3, 0.4) is 0 Å². The molecule has 0 amide bonds. The maximum absolute atomic E-state index is 8.84. The Labute approximate surface area is 97.1 Å². The van der Waals surface area contributed by atoms with E-state index >= 15 is 0 Å². The molecule has 3 heteroatoms. The SMILES string of the molecule is CC(C)N1Cc2cccc(NCCO)c2C1. The van der Waals surface area contributed by atoms with Crippen molar-refractivity contribution >= 4 is 5.69 Å². The third-order valence-electron chi connectivity index (χ3n) is 3.17. The Morgan fingerprint density at radius 1 is 1.38 bits per heavy atom. The van der Waals surface area contributed by atoms with Crippen molar-refractivity contribution in [3.63, 3.8) is 0 Å². The maximum Gasteiger partial charge on any atom is 0.0604 e. The zero-order valence-electron chi connectivity index (χ0n) is 10.0. The summed E-state index contributed by atoms with van der Waals surface area (Å²) in [6.07, 6.45) is 0. The van der Waals surface area contributed by atoms with Crippen LogP contribution in [0.1, 0.15) is 25.0 Å². The summed E-state index contributed by atoms with van der Waals surface area (Å²) in [5.74, 6) is 0. The first-order chi connectivity index (χ1) is 7.72. The lowest BCUT2D eigenvalue weighted by Crippen LogP contribution is -2.24. The van der Waals surface area contributed by atoms with Gasteiger partial charge in [0.2, 0.25) is 0 Å². The molecule has 1 aromatic rings. The number of anilines is 1.